The molecule has 2 amide bonds. The molecule has 1 aliphatic rings. The highest BCUT2D eigenvalue weighted by Crippen LogP contribution is 2.20. The molecule has 1 aromatic rings. The summed E-state index contributed by atoms with van der Waals surface area (Å²) >= 11 is 0. The molecule has 0 spiro atoms. The van der Waals surface area contributed by atoms with Gasteiger partial charge in [0.05, 0.1) is 0 Å². The number of alkyl carbamates (subject to hydrolysis) is 1. The van der Waals surface area contributed by atoms with Crippen molar-refractivity contribution in [2.75, 3.05) is 13.2 Å². The summed E-state index contributed by atoms with van der Waals surface area (Å²) in [4.78, 5) is 34.4. The summed E-state index contributed by atoms with van der Waals surface area (Å²) in [7, 11) is 0. The van der Waals surface area contributed by atoms with Crippen molar-refractivity contribution in [2.24, 2.45) is 0 Å². The average Bonchev–Trinajstić information content (AvgIpc) is 2.70. The van der Waals surface area contributed by atoms with Gasteiger partial charge in [0.15, 0.2) is 6.29 Å². The molecule has 1 fully saturated rings. The predicted molar refractivity (Wildman–Crippen MR) is 96.1 cm³/mol. The van der Waals surface area contributed by atoms with Gasteiger partial charge < -0.3 is 40.2 Å². The van der Waals surface area contributed by atoms with Crippen LogP contribution in [0.15, 0.2) is 30.3 Å². The Labute approximate surface area is 166 Å². The van der Waals surface area contributed by atoms with Crippen molar-refractivity contribution in [3.63, 3.8) is 0 Å². The highest BCUT2D eigenvalue weighted by atomic mass is 16.6. The first-order valence-corrected chi connectivity index (χ1v) is 8.85. The summed E-state index contributed by atoms with van der Waals surface area (Å²) in [5, 5.41) is 34.4. The number of amides is 2. The molecular weight excluding hydrogens is 388 g/mol. The summed E-state index contributed by atoms with van der Waals surface area (Å²) in [6.45, 7) is 0.240. The standard InChI is InChI=1S/C18H24N2O9/c1-10(21)20-14-16(24)15(23)12(29-17(14)25)9-27-13(22)7-19-18(26)28-8-11-5-3-2-4-6-11/h2-6,12,14-17,23-25H,7-9H2,1H3,(H,19,26)(H,20,21)/t12-,14-,15-,16-,17?/m1/s1. The van der Waals surface area contributed by atoms with E-state index in [9.17, 15) is 29.7 Å². The van der Waals surface area contributed by atoms with Gasteiger partial charge in [-0.15, -0.1) is 0 Å². The van der Waals surface area contributed by atoms with E-state index in [1.165, 1.54) is 6.92 Å². The maximum atomic E-state index is 11.7. The molecule has 1 unspecified atom stereocenters. The van der Waals surface area contributed by atoms with E-state index in [1.54, 1.807) is 24.3 Å². The van der Waals surface area contributed by atoms with E-state index in [4.69, 9.17) is 14.2 Å². The molecular formula is C18H24N2O9. The first-order chi connectivity index (χ1) is 13.8. The van der Waals surface area contributed by atoms with Crippen molar-refractivity contribution in [3.8, 4) is 0 Å². The first kappa shape index (κ1) is 22.6. The molecule has 1 heterocycles. The lowest BCUT2D eigenvalue weighted by atomic mass is 9.97. The molecule has 11 nitrogen and oxygen atoms in total. The first-order valence-electron chi connectivity index (χ1n) is 8.85. The Morgan fingerprint density at radius 1 is 1.07 bits per heavy atom. The van der Waals surface area contributed by atoms with Crippen LogP contribution in [0.4, 0.5) is 4.79 Å². The Bertz CT molecular complexity index is 700. The van der Waals surface area contributed by atoms with Crippen LogP contribution in [0.1, 0.15) is 12.5 Å². The van der Waals surface area contributed by atoms with Crippen LogP contribution >= 0.6 is 0 Å². The van der Waals surface area contributed by atoms with Crippen molar-refractivity contribution in [3.05, 3.63) is 35.9 Å². The molecule has 0 bridgehead atoms. The topological polar surface area (TPSA) is 164 Å². The van der Waals surface area contributed by atoms with Crippen LogP contribution in [0, 0.1) is 0 Å². The van der Waals surface area contributed by atoms with Crippen LogP contribution in [-0.4, -0.2) is 77.1 Å². The van der Waals surface area contributed by atoms with Crippen LogP contribution in [-0.2, 0) is 30.4 Å². The van der Waals surface area contributed by atoms with E-state index in [0.717, 1.165) is 5.56 Å². The number of nitrogens with one attached hydrogen (secondary N) is 2. The number of aliphatic hydroxyl groups is 3. The Balaban J connectivity index is 1.70. The van der Waals surface area contributed by atoms with Gasteiger partial charge in [-0.25, -0.2) is 4.79 Å². The monoisotopic (exact) mass is 412 g/mol. The van der Waals surface area contributed by atoms with Gasteiger partial charge in [0.1, 0.15) is 44.1 Å². The lowest BCUT2D eigenvalue weighted by Crippen LogP contribution is -2.64. The fraction of sp³-hybridized carbons (Fsp3) is 0.500. The highest BCUT2D eigenvalue weighted by Gasteiger charge is 2.44. The van der Waals surface area contributed by atoms with Gasteiger partial charge in [-0.1, -0.05) is 30.3 Å². The Morgan fingerprint density at radius 2 is 1.76 bits per heavy atom. The van der Waals surface area contributed by atoms with Crippen molar-refractivity contribution >= 4 is 18.0 Å². The lowest BCUT2D eigenvalue weighted by Gasteiger charge is -2.40. The van der Waals surface area contributed by atoms with E-state index in [2.05, 4.69) is 10.6 Å². The van der Waals surface area contributed by atoms with Gasteiger partial charge in [-0.05, 0) is 5.56 Å². The second-order valence-electron chi connectivity index (χ2n) is 6.37. The molecule has 29 heavy (non-hydrogen) atoms. The maximum absolute atomic E-state index is 11.7. The third-order valence-electron chi connectivity index (χ3n) is 4.09. The van der Waals surface area contributed by atoms with Gasteiger partial charge in [-0.3, -0.25) is 9.59 Å². The van der Waals surface area contributed by atoms with Crippen molar-refractivity contribution in [1.82, 2.24) is 10.6 Å². The summed E-state index contributed by atoms with van der Waals surface area (Å²) in [5.74, 6) is -1.37. The molecule has 2 rings (SSSR count). The normalized spacial score (nSPS) is 26.3. The molecule has 0 aliphatic carbocycles. The second kappa shape index (κ2) is 10.7. The molecule has 5 atom stereocenters. The van der Waals surface area contributed by atoms with Crippen molar-refractivity contribution in [1.29, 1.82) is 0 Å². The van der Waals surface area contributed by atoms with Crippen molar-refractivity contribution < 1.29 is 43.9 Å². The van der Waals surface area contributed by atoms with Crippen molar-refractivity contribution in [2.45, 2.75) is 44.2 Å². The number of benzene rings is 1. The summed E-state index contributed by atoms with van der Waals surface area (Å²) in [6.07, 6.45) is -6.70. The van der Waals surface area contributed by atoms with E-state index in [-0.39, 0.29) is 6.61 Å². The van der Waals surface area contributed by atoms with E-state index >= 15 is 0 Å². The van der Waals surface area contributed by atoms with Gasteiger partial charge in [0.25, 0.3) is 0 Å². The minimum absolute atomic E-state index is 0.0368. The Kier molecular flexibility index (Phi) is 8.34. The molecule has 11 heteroatoms. The molecule has 1 saturated heterocycles. The third-order valence-corrected chi connectivity index (χ3v) is 4.09. The largest absolute Gasteiger partial charge is 0.461 e. The number of aliphatic hydroxyl groups excluding tert-OH is 3. The van der Waals surface area contributed by atoms with Gasteiger partial charge in [0, 0.05) is 6.92 Å². The minimum atomic E-state index is -1.60. The highest BCUT2D eigenvalue weighted by molar-refractivity contribution is 5.77. The number of rotatable bonds is 7. The summed E-state index contributed by atoms with van der Waals surface area (Å²) < 4.78 is 14.9. The van der Waals surface area contributed by atoms with E-state index in [0.29, 0.717) is 0 Å². The van der Waals surface area contributed by atoms with E-state index < -0.39 is 61.8 Å². The number of carbonyl (C=O) groups excluding carboxylic acids is 3. The molecule has 0 radical (unpaired) electrons. The van der Waals surface area contributed by atoms with Crippen LogP contribution in [0.2, 0.25) is 0 Å². The average molecular weight is 412 g/mol. The number of carbonyl (C=O) groups is 3. The zero-order chi connectivity index (χ0) is 21.4. The molecule has 1 aliphatic heterocycles. The molecule has 1 aromatic carbocycles. The number of hydrogen-bond acceptors (Lipinski definition) is 9. The molecule has 160 valence electrons. The predicted octanol–water partition coefficient (Wildman–Crippen LogP) is -1.60. The van der Waals surface area contributed by atoms with Gasteiger partial charge >= 0.3 is 12.1 Å². The van der Waals surface area contributed by atoms with Gasteiger partial charge in [0.2, 0.25) is 5.91 Å². The number of hydrogen-bond donors (Lipinski definition) is 5. The fourth-order valence-electron chi connectivity index (χ4n) is 2.62. The summed E-state index contributed by atoms with van der Waals surface area (Å²) in [5.41, 5.74) is 0.781. The molecule has 0 aromatic heterocycles. The lowest BCUT2D eigenvalue weighted by molar-refractivity contribution is -0.255. The van der Waals surface area contributed by atoms with Crippen LogP contribution in [0.25, 0.3) is 0 Å². The molecule has 0 saturated carbocycles. The second-order valence-corrected chi connectivity index (χ2v) is 6.37. The Hall–Kier alpha value is -2.73. The zero-order valence-electron chi connectivity index (χ0n) is 15.7. The van der Waals surface area contributed by atoms with Crippen LogP contribution in [0.5, 0.6) is 0 Å². The third kappa shape index (κ3) is 6.98. The van der Waals surface area contributed by atoms with Crippen LogP contribution < -0.4 is 10.6 Å². The fourth-order valence-corrected chi connectivity index (χ4v) is 2.62. The number of esters is 1. The minimum Gasteiger partial charge on any atom is -0.461 e. The quantitative estimate of drug-likeness (QED) is 0.332. The smallest absolute Gasteiger partial charge is 0.407 e. The summed E-state index contributed by atoms with van der Waals surface area (Å²) in [6, 6.07) is 7.73. The molecule has 5 N–H and O–H groups in total. The zero-order valence-corrected chi connectivity index (χ0v) is 15.7. The Morgan fingerprint density at radius 3 is 2.41 bits per heavy atom. The van der Waals surface area contributed by atoms with Crippen LogP contribution in [0.3, 0.4) is 0 Å². The van der Waals surface area contributed by atoms with E-state index in [1.807, 2.05) is 6.07 Å². The SMILES string of the molecule is CC(=O)N[C@H]1C(O)O[C@H](COC(=O)CNC(=O)OCc2ccccc2)[C@@H](O)[C@@H]1O. The maximum Gasteiger partial charge on any atom is 0.407 e. The number of ether oxygens (including phenoxy) is 3. The van der Waals surface area contributed by atoms with Gasteiger partial charge in [-0.2, -0.15) is 0 Å².